The van der Waals surface area contributed by atoms with E-state index in [9.17, 15) is 27.2 Å². The van der Waals surface area contributed by atoms with E-state index < -0.39 is 29.6 Å². The summed E-state index contributed by atoms with van der Waals surface area (Å²) in [6.45, 7) is 0.904. The summed E-state index contributed by atoms with van der Waals surface area (Å²) in [5.74, 6) is -2.42. The van der Waals surface area contributed by atoms with E-state index in [0.29, 0.717) is 37.6 Å². The predicted octanol–water partition coefficient (Wildman–Crippen LogP) is 4.22. The Hall–Kier alpha value is -2.20. The van der Waals surface area contributed by atoms with E-state index >= 15 is 0 Å². The number of nitrogens with one attached hydrogen (secondary N) is 1. The number of aliphatic carboxylic acids is 1. The van der Waals surface area contributed by atoms with Crippen LogP contribution in [0.5, 0.6) is 0 Å². The lowest BCUT2D eigenvalue weighted by Gasteiger charge is -2.20. The topological polar surface area (TPSA) is 78.9 Å². The molecule has 1 rings (SSSR count). The van der Waals surface area contributed by atoms with Crippen molar-refractivity contribution in [3.05, 3.63) is 35.1 Å². The Balaban J connectivity index is 2.13. The Morgan fingerprint density at radius 1 is 1.12 bits per heavy atom. The van der Waals surface area contributed by atoms with E-state index in [1.165, 1.54) is 6.07 Å². The van der Waals surface area contributed by atoms with Crippen LogP contribution in [0.15, 0.2) is 18.2 Å². The first-order valence-corrected chi connectivity index (χ1v) is 10.6. The molecule has 32 heavy (non-hydrogen) atoms. The SMILES string of the molecule is CN(C)CC(CC(=O)O)NC(=O)CCCCCCCOCc1ccc(C(F)(F)F)c(F)c1. The molecular weight excluding hydrogens is 432 g/mol. The van der Waals surface area contributed by atoms with Gasteiger partial charge in [-0.2, -0.15) is 13.2 Å². The normalized spacial score (nSPS) is 12.7. The maximum Gasteiger partial charge on any atom is 0.419 e. The van der Waals surface area contributed by atoms with Crippen molar-refractivity contribution in [2.75, 3.05) is 27.2 Å². The van der Waals surface area contributed by atoms with Gasteiger partial charge in [0.2, 0.25) is 5.91 Å². The van der Waals surface area contributed by atoms with Crippen molar-refractivity contribution in [1.82, 2.24) is 10.2 Å². The van der Waals surface area contributed by atoms with Crippen molar-refractivity contribution < 1.29 is 37.0 Å². The van der Waals surface area contributed by atoms with Gasteiger partial charge in [-0.15, -0.1) is 0 Å². The summed E-state index contributed by atoms with van der Waals surface area (Å²) in [4.78, 5) is 24.7. The van der Waals surface area contributed by atoms with Gasteiger partial charge in [0.05, 0.1) is 24.6 Å². The standard InChI is InChI=1S/C22H32F4N2O4/c1-28(2)14-17(13-21(30)31)27-20(29)8-6-4-3-5-7-11-32-15-16-9-10-18(19(23)12-16)22(24,25)26/h9-10,12,17H,3-8,11,13-15H2,1-2H3,(H,27,29)(H,30,31). The molecule has 1 amide bonds. The molecule has 0 aliphatic rings. The van der Waals surface area contributed by atoms with Crippen molar-refractivity contribution in [1.29, 1.82) is 0 Å². The van der Waals surface area contributed by atoms with Gasteiger partial charge in [0.25, 0.3) is 0 Å². The van der Waals surface area contributed by atoms with E-state index in [1.54, 1.807) is 0 Å². The van der Waals surface area contributed by atoms with Gasteiger partial charge < -0.3 is 20.1 Å². The second kappa shape index (κ2) is 14.1. The zero-order valence-electron chi connectivity index (χ0n) is 18.5. The number of nitrogens with zero attached hydrogens (tertiary/aromatic N) is 1. The molecule has 1 aromatic rings. The van der Waals surface area contributed by atoms with Gasteiger partial charge in [-0.05, 0) is 44.6 Å². The fourth-order valence-corrected chi connectivity index (χ4v) is 3.20. The molecule has 0 aliphatic heterocycles. The third-order valence-electron chi connectivity index (χ3n) is 4.67. The van der Waals surface area contributed by atoms with Crippen LogP contribution in [0.3, 0.4) is 0 Å². The number of halogens is 4. The molecule has 182 valence electrons. The Labute approximate surface area is 185 Å². The predicted molar refractivity (Wildman–Crippen MR) is 111 cm³/mol. The molecule has 0 fully saturated rings. The lowest BCUT2D eigenvalue weighted by atomic mass is 10.1. The van der Waals surface area contributed by atoms with Crippen LogP contribution in [0.4, 0.5) is 17.6 Å². The molecule has 0 radical (unpaired) electrons. The first-order chi connectivity index (χ1) is 15.0. The number of hydrogen-bond acceptors (Lipinski definition) is 4. The summed E-state index contributed by atoms with van der Waals surface area (Å²) in [5.41, 5.74) is -0.943. The van der Waals surface area contributed by atoms with Gasteiger partial charge in [0.15, 0.2) is 0 Å². The van der Waals surface area contributed by atoms with Gasteiger partial charge in [0.1, 0.15) is 5.82 Å². The van der Waals surface area contributed by atoms with Crippen LogP contribution in [0, 0.1) is 5.82 Å². The monoisotopic (exact) mass is 464 g/mol. The van der Waals surface area contributed by atoms with Gasteiger partial charge in [-0.25, -0.2) is 4.39 Å². The first-order valence-electron chi connectivity index (χ1n) is 10.6. The van der Waals surface area contributed by atoms with E-state index in [2.05, 4.69) is 5.32 Å². The molecular formula is C22H32F4N2O4. The number of hydrogen-bond donors (Lipinski definition) is 2. The molecule has 6 nitrogen and oxygen atoms in total. The smallest absolute Gasteiger partial charge is 0.419 e. The van der Waals surface area contributed by atoms with Crippen molar-refractivity contribution in [3.8, 4) is 0 Å². The largest absolute Gasteiger partial charge is 0.481 e. The summed E-state index contributed by atoms with van der Waals surface area (Å²) in [7, 11) is 3.62. The molecule has 0 aromatic heterocycles. The van der Waals surface area contributed by atoms with Gasteiger partial charge in [0, 0.05) is 19.6 Å². The highest BCUT2D eigenvalue weighted by Gasteiger charge is 2.33. The molecule has 10 heteroatoms. The lowest BCUT2D eigenvalue weighted by Crippen LogP contribution is -2.42. The Morgan fingerprint density at radius 2 is 1.78 bits per heavy atom. The van der Waals surface area contributed by atoms with Crippen molar-refractivity contribution in [3.63, 3.8) is 0 Å². The average molecular weight is 465 g/mol. The second-order valence-corrected chi connectivity index (χ2v) is 8.01. The highest BCUT2D eigenvalue weighted by Crippen LogP contribution is 2.31. The number of unbranched alkanes of at least 4 members (excludes halogenated alkanes) is 4. The Kier molecular flexibility index (Phi) is 12.2. The lowest BCUT2D eigenvalue weighted by molar-refractivity contribution is -0.140. The van der Waals surface area contributed by atoms with Crippen LogP contribution >= 0.6 is 0 Å². The quantitative estimate of drug-likeness (QED) is 0.300. The van der Waals surface area contributed by atoms with E-state index in [0.717, 1.165) is 31.7 Å². The number of carbonyl (C=O) groups is 2. The zero-order chi connectivity index (χ0) is 24.1. The number of alkyl halides is 3. The number of rotatable bonds is 15. The zero-order valence-corrected chi connectivity index (χ0v) is 18.5. The molecule has 1 unspecified atom stereocenters. The van der Waals surface area contributed by atoms with Crippen molar-refractivity contribution in [2.24, 2.45) is 0 Å². The number of benzene rings is 1. The van der Waals surface area contributed by atoms with E-state index in [4.69, 9.17) is 9.84 Å². The van der Waals surface area contributed by atoms with Crippen LogP contribution in [-0.4, -0.2) is 55.2 Å². The fraction of sp³-hybridized carbons (Fsp3) is 0.636. The van der Waals surface area contributed by atoms with Crippen molar-refractivity contribution in [2.45, 2.75) is 63.8 Å². The Bertz CT molecular complexity index is 726. The number of carboxylic acid groups (broad SMARTS) is 1. The average Bonchev–Trinajstić information content (AvgIpc) is 2.64. The van der Waals surface area contributed by atoms with Gasteiger partial charge in [-0.3, -0.25) is 9.59 Å². The van der Waals surface area contributed by atoms with Crippen LogP contribution in [0.25, 0.3) is 0 Å². The van der Waals surface area contributed by atoms with E-state index in [-0.39, 0.29) is 18.9 Å². The van der Waals surface area contributed by atoms with Crippen LogP contribution in [0.1, 0.15) is 56.1 Å². The summed E-state index contributed by atoms with van der Waals surface area (Å²) in [5, 5.41) is 11.7. The first kappa shape index (κ1) is 27.8. The molecule has 0 saturated carbocycles. The molecule has 1 atom stereocenters. The van der Waals surface area contributed by atoms with Gasteiger partial charge >= 0.3 is 12.1 Å². The van der Waals surface area contributed by atoms with Crippen LogP contribution < -0.4 is 5.32 Å². The molecule has 0 aliphatic carbocycles. The third kappa shape index (κ3) is 12.0. The summed E-state index contributed by atoms with van der Waals surface area (Å²) in [6.07, 6.45) is -0.459. The summed E-state index contributed by atoms with van der Waals surface area (Å²) >= 11 is 0. The van der Waals surface area contributed by atoms with E-state index in [1.807, 2.05) is 19.0 Å². The Morgan fingerprint density at radius 3 is 2.38 bits per heavy atom. The third-order valence-corrected chi connectivity index (χ3v) is 4.67. The number of carboxylic acids is 1. The minimum Gasteiger partial charge on any atom is -0.481 e. The molecule has 0 spiro atoms. The summed E-state index contributed by atoms with van der Waals surface area (Å²) in [6, 6.07) is 2.34. The minimum atomic E-state index is -4.71. The fourth-order valence-electron chi connectivity index (χ4n) is 3.20. The minimum absolute atomic E-state index is 0.0414. The molecule has 1 aromatic carbocycles. The molecule has 0 saturated heterocycles. The van der Waals surface area contributed by atoms with Crippen molar-refractivity contribution >= 4 is 11.9 Å². The van der Waals surface area contributed by atoms with Gasteiger partial charge in [-0.1, -0.05) is 25.3 Å². The van der Waals surface area contributed by atoms with Crippen LogP contribution in [-0.2, 0) is 27.1 Å². The number of carbonyl (C=O) groups excluding carboxylic acids is 1. The molecule has 2 N–H and O–H groups in total. The maximum atomic E-state index is 13.5. The second-order valence-electron chi connectivity index (χ2n) is 8.01. The molecule has 0 bridgehead atoms. The number of amides is 1. The molecule has 0 heterocycles. The highest BCUT2D eigenvalue weighted by molar-refractivity contribution is 5.77. The summed E-state index contributed by atoms with van der Waals surface area (Å²) < 4.78 is 56.5. The van der Waals surface area contributed by atoms with Crippen LogP contribution in [0.2, 0.25) is 0 Å². The number of likely N-dealkylation sites (N-methyl/N-ethyl adjacent to an activating group) is 1. The maximum absolute atomic E-state index is 13.5. The highest BCUT2D eigenvalue weighted by atomic mass is 19.4. The number of ether oxygens (including phenoxy) is 1.